The van der Waals surface area contributed by atoms with Crippen LogP contribution >= 0.6 is 0 Å². The lowest BCUT2D eigenvalue weighted by atomic mass is 9.80. The highest BCUT2D eigenvalue weighted by Gasteiger charge is 2.10. The van der Waals surface area contributed by atoms with E-state index in [1.54, 1.807) is 48.5 Å². The zero-order valence-corrected chi connectivity index (χ0v) is 11.2. The quantitative estimate of drug-likeness (QED) is 0.696. The van der Waals surface area contributed by atoms with Crippen LogP contribution in [0.25, 0.3) is 0 Å². The lowest BCUT2D eigenvalue weighted by molar-refractivity contribution is 0.0951. The van der Waals surface area contributed by atoms with Crippen molar-refractivity contribution in [2.75, 3.05) is 0 Å². The number of nitrogens with zero attached hydrogens (tertiary/aromatic N) is 1. The van der Waals surface area contributed by atoms with Crippen LogP contribution in [-0.4, -0.2) is 23.1 Å². The molecule has 2 rings (SSSR count). The van der Waals surface area contributed by atoms with Gasteiger partial charge in [-0.15, -0.1) is 0 Å². The van der Waals surface area contributed by atoms with Crippen LogP contribution in [0.1, 0.15) is 21.5 Å². The Kier molecular flexibility index (Phi) is 4.72. The van der Waals surface area contributed by atoms with Gasteiger partial charge in [0.1, 0.15) is 0 Å². The number of carbonyl (C=O) groups is 1. The number of benzene rings is 2. The van der Waals surface area contributed by atoms with Crippen molar-refractivity contribution < 1.29 is 14.8 Å². The molecule has 0 unspecified atom stereocenters. The number of carbonyl (C=O) groups excluding carboxylic acids is 1. The average Bonchev–Trinajstić information content (AvgIpc) is 2.53. The van der Waals surface area contributed by atoms with Gasteiger partial charge in [-0.1, -0.05) is 24.3 Å². The van der Waals surface area contributed by atoms with Crippen molar-refractivity contribution in [2.45, 2.75) is 6.54 Å². The predicted octanol–water partition coefficient (Wildman–Crippen LogP) is 0.168. The molecular formula is C15H13BN2O3. The van der Waals surface area contributed by atoms with E-state index in [9.17, 15) is 4.79 Å². The third-order valence-electron chi connectivity index (χ3n) is 3.01. The summed E-state index contributed by atoms with van der Waals surface area (Å²) < 4.78 is 0. The summed E-state index contributed by atoms with van der Waals surface area (Å²) in [6.45, 7) is 0.334. The van der Waals surface area contributed by atoms with E-state index in [0.29, 0.717) is 23.1 Å². The molecule has 0 spiro atoms. The fraction of sp³-hybridized carbons (Fsp3) is 0.0667. The molecule has 0 atom stereocenters. The molecule has 5 nitrogen and oxygen atoms in total. The Bertz CT molecular complexity index is 661. The zero-order valence-electron chi connectivity index (χ0n) is 11.2. The number of nitriles is 1. The van der Waals surface area contributed by atoms with Crippen molar-refractivity contribution in [1.82, 2.24) is 5.32 Å². The molecule has 104 valence electrons. The highest BCUT2D eigenvalue weighted by atomic mass is 16.4. The Morgan fingerprint density at radius 3 is 2.24 bits per heavy atom. The van der Waals surface area contributed by atoms with Gasteiger partial charge in [-0.3, -0.25) is 4.79 Å². The molecule has 0 saturated carbocycles. The molecule has 0 saturated heterocycles. The molecule has 0 radical (unpaired) electrons. The number of hydrogen-bond acceptors (Lipinski definition) is 4. The van der Waals surface area contributed by atoms with Gasteiger partial charge >= 0.3 is 7.12 Å². The largest absolute Gasteiger partial charge is 0.488 e. The fourth-order valence-electron chi connectivity index (χ4n) is 1.79. The minimum atomic E-state index is -1.49. The van der Waals surface area contributed by atoms with Crippen molar-refractivity contribution >= 4 is 18.5 Å². The molecule has 1 amide bonds. The van der Waals surface area contributed by atoms with Gasteiger partial charge in [0, 0.05) is 12.1 Å². The molecule has 2 aromatic carbocycles. The molecule has 2 aromatic rings. The van der Waals surface area contributed by atoms with Crippen LogP contribution in [0.15, 0.2) is 48.5 Å². The summed E-state index contributed by atoms with van der Waals surface area (Å²) >= 11 is 0. The van der Waals surface area contributed by atoms with Crippen molar-refractivity contribution in [3.63, 3.8) is 0 Å². The van der Waals surface area contributed by atoms with E-state index in [4.69, 9.17) is 15.3 Å². The van der Waals surface area contributed by atoms with Crippen molar-refractivity contribution in [3.05, 3.63) is 65.2 Å². The van der Waals surface area contributed by atoms with Gasteiger partial charge in [0.15, 0.2) is 0 Å². The normalized spacial score (nSPS) is 9.76. The van der Waals surface area contributed by atoms with Crippen LogP contribution in [-0.2, 0) is 6.54 Å². The first-order chi connectivity index (χ1) is 10.1. The van der Waals surface area contributed by atoms with E-state index >= 15 is 0 Å². The smallest absolute Gasteiger partial charge is 0.423 e. The average molecular weight is 280 g/mol. The van der Waals surface area contributed by atoms with E-state index in [-0.39, 0.29) is 5.91 Å². The Hall–Kier alpha value is -2.62. The summed E-state index contributed by atoms with van der Waals surface area (Å²) in [4.78, 5) is 11.9. The summed E-state index contributed by atoms with van der Waals surface area (Å²) in [6.07, 6.45) is 0. The lowest BCUT2D eigenvalue weighted by Crippen LogP contribution is -2.29. The monoisotopic (exact) mass is 280 g/mol. The van der Waals surface area contributed by atoms with E-state index in [1.807, 2.05) is 6.07 Å². The zero-order chi connectivity index (χ0) is 15.2. The summed E-state index contributed by atoms with van der Waals surface area (Å²) in [5.41, 5.74) is 2.24. The number of hydrogen-bond donors (Lipinski definition) is 3. The minimum absolute atomic E-state index is 0.231. The highest BCUT2D eigenvalue weighted by Crippen LogP contribution is 2.04. The number of nitrogens with one attached hydrogen (secondary N) is 1. The maximum absolute atomic E-state index is 11.9. The Labute approximate surface area is 122 Å². The fourth-order valence-corrected chi connectivity index (χ4v) is 1.79. The molecule has 0 heterocycles. The molecule has 0 aliphatic carbocycles. The van der Waals surface area contributed by atoms with Gasteiger partial charge in [-0.2, -0.15) is 5.26 Å². The van der Waals surface area contributed by atoms with Gasteiger partial charge < -0.3 is 15.4 Å². The van der Waals surface area contributed by atoms with Crippen molar-refractivity contribution in [2.24, 2.45) is 0 Å². The highest BCUT2D eigenvalue weighted by molar-refractivity contribution is 6.58. The van der Waals surface area contributed by atoms with Crippen molar-refractivity contribution in [1.29, 1.82) is 5.26 Å². The SMILES string of the molecule is N#Cc1ccc(C(=O)NCc2ccc(B(O)O)cc2)cc1. The predicted molar refractivity (Wildman–Crippen MR) is 78.6 cm³/mol. The summed E-state index contributed by atoms with van der Waals surface area (Å²) in [7, 11) is -1.49. The van der Waals surface area contributed by atoms with E-state index in [1.165, 1.54) is 0 Å². The van der Waals surface area contributed by atoms with Crippen LogP contribution in [0.4, 0.5) is 0 Å². The van der Waals surface area contributed by atoms with E-state index < -0.39 is 7.12 Å². The van der Waals surface area contributed by atoms with Crippen LogP contribution in [0.2, 0.25) is 0 Å². The lowest BCUT2D eigenvalue weighted by Gasteiger charge is -2.06. The second-order valence-corrected chi connectivity index (χ2v) is 4.49. The molecule has 0 fully saturated rings. The summed E-state index contributed by atoms with van der Waals surface area (Å²) in [5.74, 6) is -0.231. The van der Waals surface area contributed by atoms with Gasteiger partial charge in [0.2, 0.25) is 0 Å². The van der Waals surface area contributed by atoms with Crippen LogP contribution < -0.4 is 10.8 Å². The van der Waals surface area contributed by atoms with Crippen molar-refractivity contribution in [3.8, 4) is 6.07 Å². The molecule has 6 heteroatoms. The number of amides is 1. The first-order valence-electron chi connectivity index (χ1n) is 6.33. The standard InChI is InChI=1S/C15H13BN2O3/c17-9-11-1-5-13(6-2-11)15(19)18-10-12-3-7-14(8-4-12)16(20)21/h1-8,20-21H,10H2,(H,18,19). The molecule has 0 aromatic heterocycles. The van der Waals surface area contributed by atoms with Gasteiger partial charge in [0.25, 0.3) is 5.91 Å². The molecule has 0 aliphatic rings. The van der Waals surface area contributed by atoms with Gasteiger partial charge in [-0.05, 0) is 35.3 Å². The van der Waals surface area contributed by atoms with Crippen LogP contribution in [0.5, 0.6) is 0 Å². The van der Waals surface area contributed by atoms with E-state index in [0.717, 1.165) is 5.56 Å². The Morgan fingerprint density at radius 1 is 1.10 bits per heavy atom. The molecule has 21 heavy (non-hydrogen) atoms. The van der Waals surface area contributed by atoms with Crippen LogP contribution in [0, 0.1) is 11.3 Å². The Morgan fingerprint density at radius 2 is 1.71 bits per heavy atom. The first-order valence-corrected chi connectivity index (χ1v) is 6.33. The summed E-state index contributed by atoms with van der Waals surface area (Å²) in [5, 5.41) is 29.4. The second-order valence-electron chi connectivity index (χ2n) is 4.49. The molecule has 0 bridgehead atoms. The maximum Gasteiger partial charge on any atom is 0.488 e. The Balaban J connectivity index is 1.95. The molecule has 0 aliphatic heterocycles. The summed E-state index contributed by atoms with van der Waals surface area (Å²) in [6, 6.07) is 15.0. The third kappa shape index (κ3) is 3.92. The van der Waals surface area contributed by atoms with Gasteiger partial charge in [-0.25, -0.2) is 0 Å². The first kappa shape index (κ1) is 14.8. The molecule has 3 N–H and O–H groups in total. The van der Waals surface area contributed by atoms with Gasteiger partial charge in [0.05, 0.1) is 11.6 Å². The topological polar surface area (TPSA) is 93.4 Å². The third-order valence-corrected chi connectivity index (χ3v) is 3.01. The maximum atomic E-state index is 11.9. The minimum Gasteiger partial charge on any atom is -0.423 e. The second kappa shape index (κ2) is 6.70. The van der Waals surface area contributed by atoms with E-state index in [2.05, 4.69) is 5.32 Å². The number of rotatable bonds is 4. The van der Waals surface area contributed by atoms with Crippen LogP contribution in [0.3, 0.4) is 0 Å². The molecular weight excluding hydrogens is 267 g/mol.